The van der Waals surface area contributed by atoms with Crippen LogP contribution in [0.15, 0.2) is 18.5 Å². The van der Waals surface area contributed by atoms with Gasteiger partial charge in [0, 0.05) is 32.1 Å². The number of rotatable bonds is 7. The molecule has 0 bridgehead atoms. The summed E-state index contributed by atoms with van der Waals surface area (Å²) in [6.07, 6.45) is 5.20. The highest BCUT2D eigenvalue weighted by Crippen LogP contribution is 2.29. The fourth-order valence-electron chi connectivity index (χ4n) is 2.92. The van der Waals surface area contributed by atoms with E-state index in [1.165, 1.54) is 0 Å². The lowest BCUT2D eigenvalue weighted by Gasteiger charge is -2.40. The molecule has 6 heteroatoms. The molecule has 1 aromatic rings. The molecule has 1 fully saturated rings. The quantitative estimate of drug-likeness (QED) is 0.757. The van der Waals surface area contributed by atoms with Gasteiger partial charge in [0.2, 0.25) is 0 Å². The van der Waals surface area contributed by atoms with Crippen LogP contribution in [0.4, 0.5) is 0 Å². The highest BCUT2D eigenvalue weighted by atomic mass is 16.5. The minimum atomic E-state index is -0.545. The van der Waals surface area contributed by atoms with E-state index >= 15 is 0 Å². The SMILES string of the molecule is CCOCCN(CC)C(=O)C1(n2cccn2)CCNCC1. The molecule has 1 N–H and O–H groups in total. The summed E-state index contributed by atoms with van der Waals surface area (Å²) in [7, 11) is 0. The van der Waals surface area contributed by atoms with E-state index in [0.29, 0.717) is 26.3 Å². The normalized spacial score (nSPS) is 17.6. The van der Waals surface area contributed by atoms with Gasteiger partial charge in [0.1, 0.15) is 5.54 Å². The van der Waals surface area contributed by atoms with E-state index < -0.39 is 5.54 Å². The Hall–Kier alpha value is -1.40. The summed E-state index contributed by atoms with van der Waals surface area (Å²) in [4.78, 5) is 15.0. The Morgan fingerprint density at radius 1 is 1.43 bits per heavy atom. The maximum atomic E-state index is 13.1. The lowest BCUT2D eigenvalue weighted by Crippen LogP contribution is -2.56. The van der Waals surface area contributed by atoms with Gasteiger partial charge in [-0.1, -0.05) is 0 Å². The van der Waals surface area contributed by atoms with Crippen molar-refractivity contribution in [3.8, 4) is 0 Å². The number of aromatic nitrogens is 2. The van der Waals surface area contributed by atoms with Crippen molar-refractivity contribution in [2.75, 3.05) is 39.4 Å². The van der Waals surface area contributed by atoms with Crippen molar-refractivity contribution in [1.82, 2.24) is 20.0 Å². The summed E-state index contributed by atoms with van der Waals surface area (Å²) in [5.74, 6) is 0.162. The number of hydrogen-bond acceptors (Lipinski definition) is 4. The number of nitrogens with zero attached hydrogens (tertiary/aromatic N) is 3. The van der Waals surface area contributed by atoms with Crippen molar-refractivity contribution in [3.05, 3.63) is 18.5 Å². The van der Waals surface area contributed by atoms with Gasteiger partial charge < -0.3 is 15.0 Å². The molecule has 1 aliphatic heterocycles. The average molecular weight is 294 g/mol. The second-order valence-corrected chi connectivity index (χ2v) is 5.31. The maximum absolute atomic E-state index is 13.1. The first-order valence-electron chi connectivity index (χ1n) is 7.82. The third-order valence-electron chi connectivity index (χ3n) is 4.15. The number of hydrogen-bond donors (Lipinski definition) is 1. The van der Waals surface area contributed by atoms with Gasteiger partial charge in [0.05, 0.1) is 6.61 Å². The lowest BCUT2D eigenvalue weighted by molar-refractivity contribution is -0.143. The van der Waals surface area contributed by atoms with Gasteiger partial charge in [-0.15, -0.1) is 0 Å². The Labute approximate surface area is 126 Å². The van der Waals surface area contributed by atoms with Crippen molar-refractivity contribution < 1.29 is 9.53 Å². The van der Waals surface area contributed by atoms with Crippen LogP contribution in [0.5, 0.6) is 0 Å². The van der Waals surface area contributed by atoms with E-state index in [4.69, 9.17) is 4.74 Å². The number of nitrogens with one attached hydrogen (secondary N) is 1. The Bertz CT molecular complexity index is 427. The number of piperidine rings is 1. The van der Waals surface area contributed by atoms with Gasteiger partial charge in [-0.3, -0.25) is 9.48 Å². The van der Waals surface area contributed by atoms with Gasteiger partial charge in [-0.05, 0) is 45.8 Å². The molecule has 0 saturated carbocycles. The summed E-state index contributed by atoms with van der Waals surface area (Å²) < 4.78 is 7.25. The van der Waals surface area contributed by atoms with E-state index in [1.807, 2.05) is 35.7 Å². The van der Waals surface area contributed by atoms with E-state index in [2.05, 4.69) is 10.4 Å². The van der Waals surface area contributed by atoms with Crippen LogP contribution in [-0.4, -0.2) is 60.0 Å². The zero-order chi connectivity index (χ0) is 15.1. The fraction of sp³-hybridized carbons (Fsp3) is 0.733. The maximum Gasteiger partial charge on any atom is 0.250 e. The van der Waals surface area contributed by atoms with Crippen LogP contribution in [0.1, 0.15) is 26.7 Å². The van der Waals surface area contributed by atoms with Crippen LogP contribution in [0.25, 0.3) is 0 Å². The fourth-order valence-corrected chi connectivity index (χ4v) is 2.92. The van der Waals surface area contributed by atoms with Crippen molar-refractivity contribution >= 4 is 5.91 Å². The van der Waals surface area contributed by atoms with Gasteiger partial charge in [-0.2, -0.15) is 5.10 Å². The Morgan fingerprint density at radius 3 is 2.76 bits per heavy atom. The van der Waals surface area contributed by atoms with Crippen LogP contribution >= 0.6 is 0 Å². The molecule has 118 valence electrons. The Morgan fingerprint density at radius 2 is 2.19 bits per heavy atom. The molecule has 2 rings (SSSR count). The highest BCUT2D eigenvalue weighted by Gasteiger charge is 2.43. The summed E-state index contributed by atoms with van der Waals surface area (Å²) in [6.45, 7) is 8.27. The van der Waals surface area contributed by atoms with Crippen LogP contribution in [0.2, 0.25) is 0 Å². The molecule has 1 amide bonds. The molecular formula is C15H26N4O2. The van der Waals surface area contributed by atoms with Crippen LogP contribution in [0, 0.1) is 0 Å². The van der Waals surface area contributed by atoms with E-state index in [1.54, 1.807) is 6.20 Å². The Kier molecular flexibility index (Phi) is 5.76. The average Bonchev–Trinajstić information content (AvgIpc) is 3.07. The molecule has 0 spiro atoms. The van der Waals surface area contributed by atoms with Crippen LogP contribution in [0.3, 0.4) is 0 Å². The number of likely N-dealkylation sites (N-methyl/N-ethyl adjacent to an activating group) is 1. The predicted octanol–water partition coefficient (Wildman–Crippen LogP) is 0.847. The topological polar surface area (TPSA) is 59.4 Å². The zero-order valence-electron chi connectivity index (χ0n) is 13.0. The predicted molar refractivity (Wildman–Crippen MR) is 81.1 cm³/mol. The van der Waals surface area contributed by atoms with Crippen molar-refractivity contribution in [2.24, 2.45) is 0 Å². The molecule has 0 aromatic carbocycles. The van der Waals surface area contributed by atoms with Gasteiger partial charge in [-0.25, -0.2) is 0 Å². The first-order valence-corrected chi connectivity index (χ1v) is 7.82. The standard InChI is InChI=1S/C15H26N4O2/c1-3-18(12-13-21-4-2)14(20)15(6-9-16-10-7-15)19-11-5-8-17-19/h5,8,11,16H,3-4,6-7,9-10,12-13H2,1-2H3. The molecule has 6 nitrogen and oxygen atoms in total. The molecular weight excluding hydrogens is 268 g/mol. The number of ether oxygens (including phenoxy) is 1. The van der Waals surface area contributed by atoms with Crippen LogP contribution < -0.4 is 5.32 Å². The highest BCUT2D eigenvalue weighted by molar-refractivity contribution is 5.84. The zero-order valence-corrected chi connectivity index (χ0v) is 13.0. The first-order chi connectivity index (χ1) is 10.2. The van der Waals surface area contributed by atoms with E-state index in [-0.39, 0.29) is 5.91 Å². The largest absolute Gasteiger partial charge is 0.380 e. The molecule has 0 aliphatic carbocycles. The Balaban J connectivity index is 2.17. The molecule has 1 aromatic heterocycles. The van der Waals surface area contributed by atoms with Gasteiger partial charge >= 0.3 is 0 Å². The molecule has 2 heterocycles. The third-order valence-corrected chi connectivity index (χ3v) is 4.15. The third kappa shape index (κ3) is 3.44. The molecule has 1 saturated heterocycles. The minimum Gasteiger partial charge on any atom is -0.380 e. The summed E-state index contributed by atoms with van der Waals surface area (Å²) in [5, 5.41) is 7.69. The van der Waals surface area contributed by atoms with E-state index in [9.17, 15) is 4.79 Å². The molecule has 21 heavy (non-hydrogen) atoms. The number of carbonyl (C=O) groups excluding carboxylic acids is 1. The van der Waals surface area contributed by atoms with Crippen molar-refractivity contribution in [1.29, 1.82) is 0 Å². The molecule has 1 aliphatic rings. The minimum absolute atomic E-state index is 0.162. The monoisotopic (exact) mass is 294 g/mol. The number of amides is 1. The summed E-state index contributed by atoms with van der Waals surface area (Å²) in [6, 6.07) is 1.88. The van der Waals surface area contributed by atoms with E-state index in [0.717, 1.165) is 25.9 Å². The van der Waals surface area contributed by atoms with Gasteiger partial charge in [0.25, 0.3) is 5.91 Å². The van der Waals surface area contributed by atoms with Gasteiger partial charge in [0.15, 0.2) is 0 Å². The summed E-state index contributed by atoms with van der Waals surface area (Å²) in [5.41, 5.74) is -0.545. The van der Waals surface area contributed by atoms with Crippen LogP contribution in [-0.2, 0) is 15.1 Å². The molecule has 0 radical (unpaired) electrons. The van der Waals surface area contributed by atoms with Crippen molar-refractivity contribution in [3.63, 3.8) is 0 Å². The number of carbonyl (C=O) groups is 1. The van der Waals surface area contributed by atoms with Crippen molar-refractivity contribution in [2.45, 2.75) is 32.2 Å². The lowest BCUT2D eigenvalue weighted by atomic mass is 9.86. The second-order valence-electron chi connectivity index (χ2n) is 5.31. The first kappa shape index (κ1) is 16.0. The second kappa shape index (κ2) is 7.56. The summed E-state index contributed by atoms with van der Waals surface area (Å²) >= 11 is 0. The molecule has 0 atom stereocenters. The molecule has 0 unspecified atom stereocenters. The smallest absolute Gasteiger partial charge is 0.250 e.